The van der Waals surface area contributed by atoms with E-state index in [1.807, 2.05) is 0 Å². The molecule has 2 aromatic carbocycles. The van der Waals surface area contributed by atoms with E-state index >= 15 is 0 Å². The van der Waals surface area contributed by atoms with Crippen molar-refractivity contribution in [2.75, 3.05) is 16.0 Å². The van der Waals surface area contributed by atoms with Crippen LogP contribution < -0.4 is 16.0 Å². The second-order valence-corrected chi connectivity index (χ2v) is 9.03. The van der Waals surface area contributed by atoms with Crippen molar-refractivity contribution in [1.29, 1.82) is 0 Å². The maximum absolute atomic E-state index is 13.9. The molecule has 0 aliphatic rings. The molecule has 0 aliphatic heterocycles. The number of nitrogens with zero attached hydrogens (tertiary/aromatic N) is 2. The summed E-state index contributed by atoms with van der Waals surface area (Å²) in [5.41, 5.74) is -2.02. The fourth-order valence-corrected chi connectivity index (χ4v) is 4.31. The quantitative estimate of drug-likeness (QED) is 0.288. The number of amides is 2. The number of aromatic nitrogens is 3. The first-order valence-electron chi connectivity index (χ1n) is 9.86. The highest BCUT2D eigenvalue weighted by Crippen LogP contribution is 2.41. The van der Waals surface area contributed by atoms with Crippen LogP contribution in [0.25, 0.3) is 21.1 Å². The van der Waals surface area contributed by atoms with E-state index in [0.29, 0.717) is 11.1 Å². The Labute approximate surface area is 193 Å². The Morgan fingerprint density at radius 3 is 2.53 bits per heavy atom. The third-order valence-corrected chi connectivity index (χ3v) is 5.92. The average molecular weight is 494 g/mol. The van der Waals surface area contributed by atoms with Crippen LogP contribution in [0.15, 0.2) is 30.5 Å². The molecule has 0 fully saturated rings. The Morgan fingerprint density at radius 2 is 1.85 bits per heavy atom. The fourth-order valence-electron chi connectivity index (χ4n) is 3.31. The number of halogens is 4. The van der Waals surface area contributed by atoms with Gasteiger partial charge in [-0.05, 0) is 38.1 Å². The summed E-state index contributed by atoms with van der Waals surface area (Å²) < 4.78 is 54.9. The van der Waals surface area contributed by atoms with Gasteiger partial charge in [0.15, 0.2) is 5.13 Å². The first-order valence-corrected chi connectivity index (χ1v) is 10.7. The Kier molecular flexibility index (Phi) is 5.67. The Morgan fingerprint density at radius 1 is 1.12 bits per heavy atom. The molecule has 0 saturated heterocycles. The highest BCUT2D eigenvalue weighted by Gasteiger charge is 2.36. The maximum atomic E-state index is 13.9. The van der Waals surface area contributed by atoms with Gasteiger partial charge in [0.1, 0.15) is 11.4 Å². The number of rotatable bonds is 5. The van der Waals surface area contributed by atoms with Crippen molar-refractivity contribution < 1.29 is 27.2 Å². The van der Waals surface area contributed by atoms with Gasteiger partial charge in [-0.15, -0.1) is 0 Å². The van der Waals surface area contributed by atoms with Crippen molar-refractivity contribution in [2.24, 2.45) is 0 Å². The minimum Gasteiger partial charge on any atom is -0.372 e. The molecule has 0 unspecified atom stereocenters. The van der Waals surface area contributed by atoms with E-state index < -0.39 is 34.9 Å². The van der Waals surface area contributed by atoms with Crippen molar-refractivity contribution in [2.45, 2.75) is 32.5 Å². The van der Waals surface area contributed by atoms with Crippen LogP contribution in [0.3, 0.4) is 0 Å². The van der Waals surface area contributed by atoms with Crippen molar-refractivity contribution in [3.8, 4) is 0 Å². The first kappa shape index (κ1) is 23.4. The highest BCUT2D eigenvalue weighted by atomic mass is 32.1. The van der Waals surface area contributed by atoms with Crippen LogP contribution in [0.5, 0.6) is 0 Å². The number of carbonyl (C=O) groups is 2. The second kappa shape index (κ2) is 8.24. The van der Waals surface area contributed by atoms with Gasteiger partial charge >= 0.3 is 6.18 Å². The molecule has 0 radical (unpaired) electrons. The van der Waals surface area contributed by atoms with Crippen LogP contribution >= 0.6 is 11.3 Å². The van der Waals surface area contributed by atoms with E-state index in [9.17, 15) is 27.2 Å². The Bertz CT molecular complexity index is 1430. The summed E-state index contributed by atoms with van der Waals surface area (Å²) >= 11 is 0.896. The lowest BCUT2D eigenvalue weighted by Crippen LogP contribution is -2.44. The topological polar surface area (TPSA) is 112 Å². The normalized spacial score (nSPS) is 12.2. The van der Waals surface area contributed by atoms with E-state index in [-0.39, 0.29) is 26.6 Å². The number of aromatic amines is 1. The predicted octanol–water partition coefficient (Wildman–Crippen LogP) is 5.12. The molecule has 0 bridgehead atoms. The van der Waals surface area contributed by atoms with Crippen LogP contribution in [-0.4, -0.2) is 32.5 Å². The van der Waals surface area contributed by atoms with E-state index in [4.69, 9.17) is 0 Å². The van der Waals surface area contributed by atoms with Crippen molar-refractivity contribution in [3.63, 3.8) is 0 Å². The van der Waals surface area contributed by atoms with E-state index in [0.717, 1.165) is 23.5 Å². The van der Waals surface area contributed by atoms with Gasteiger partial charge in [0.05, 0.1) is 33.2 Å². The van der Waals surface area contributed by atoms with Gasteiger partial charge in [-0.3, -0.25) is 20.0 Å². The third kappa shape index (κ3) is 4.51. The molecule has 4 rings (SSSR count). The van der Waals surface area contributed by atoms with Crippen LogP contribution in [0.1, 0.15) is 26.3 Å². The van der Waals surface area contributed by atoms with Crippen molar-refractivity contribution in [1.82, 2.24) is 15.2 Å². The monoisotopic (exact) mass is 494 g/mol. The van der Waals surface area contributed by atoms with Crippen LogP contribution in [-0.2, 0) is 15.8 Å². The number of alkyl halides is 3. The molecule has 2 heterocycles. The number of anilines is 3. The van der Waals surface area contributed by atoms with Gasteiger partial charge in [-0.25, -0.2) is 9.37 Å². The molecule has 2 amide bonds. The zero-order chi connectivity index (χ0) is 24.8. The molecule has 178 valence electrons. The molecule has 0 aliphatic carbocycles. The van der Waals surface area contributed by atoms with Gasteiger partial charge in [0.2, 0.25) is 5.91 Å². The maximum Gasteiger partial charge on any atom is 0.418 e. The first-order chi connectivity index (χ1) is 15.8. The van der Waals surface area contributed by atoms with E-state index in [2.05, 4.69) is 31.1 Å². The smallest absolute Gasteiger partial charge is 0.372 e. The Hall–Kier alpha value is -3.74. The molecule has 0 atom stereocenters. The number of benzene rings is 2. The summed E-state index contributed by atoms with van der Waals surface area (Å²) in [5, 5.41) is 14.6. The summed E-state index contributed by atoms with van der Waals surface area (Å²) in [6, 6.07) is 4.78. The van der Waals surface area contributed by atoms with E-state index in [1.165, 1.54) is 39.1 Å². The van der Waals surface area contributed by atoms with Gasteiger partial charge in [0.25, 0.3) is 5.91 Å². The van der Waals surface area contributed by atoms with E-state index in [1.54, 1.807) is 0 Å². The zero-order valence-electron chi connectivity index (χ0n) is 18.0. The van der Waals surface area contributed by atoms with Gasteiger partial charge in [-0.2, -0.15) is 18.3 Å². The molecule has 2 aromatic heterocycles. The summed E-state index contributed by atoms with van der Waals surface area (Å²) in [5.74, 6) is -1.70. The number of thiazole rings is 1. The minimum atomic E-state index is -4.65. The second-order valence-electron chi connectivity index (χ2n) is 8.03. The summed E-state index contributed by atoms with van der Waals surface area (Å²) in [6.45, 7) is 4.30. The number of nitrogens with one attached hydrogen (secondary N) is 4. The number of hydrogen-bond acceptors (Lipinski definition) is 6. The lowest BCUT2D eigenvalue weighted by molar-refractivity contribution is -0.136. The van der Waals surface area contributed by atoms with Crippen molar-refractivity contribution in [3.05, 3.63) is 41.8 Å². The molecule has 13 heteroatoms. The standard InChI is InChI=1S/C21H18F4N6O2S/c1-9(32)27-15-6-10(4-5-13(15)22)30-20(2,3)18(33)29-19-28-16-12(21(23,24)25)7-14-11(8-26-31-14)17(16)34-19/h4-8,30H,1-3H3,(H,26,31)(H,27,32)(H,28,29,33). The lowest BCUT2D eigenvalue weighted by atomic mass is 10.0. The molecular weight excluding hydrogens is 476 g/mol. The number of carbonyl (C=O) groups excluding carboxylic acids is 2. The van der Waals surface area contributed by atoms with Gasteiger partial charge in [0, 0.05) is 18.0 Å². The minimum absolute atomic E-state index is 0.0212. The van der Waals surface area contributed by atoms with Crippen LogP contribution in [0.4, 0.5) is 34.1 Å². The molecule has 4 aromatic rings. The number of H-pyrrole nitrogens is 1. The fraction of sp³-hybridized carbons (Fsp3) is 0.238. The largest absolute Gasteiger partial charge is 0.418 e. The molecule has 0 spiro atoms. The van der Waals surface area contributed by atoms with Crippen molar-refractivity contribution >= 4 is 60.8 Å². The van der Waals surface area contributed by atoms with Gasteiger partial charge in [-0.1, -0.05) is 11.3 Å². The Balaban J connectivity index is 1.62. The molecule has 8 nitrogen and oxygen atoms in total. The lowest BCUT2D eigenvalue weighted by Gasteiger charge is -2.26. The number of hydrogen-bond donors (Lipinski definition) is 4. The van der Waals surface area contributed by atoms with Gasteiger partial charge < -0.3 is 10.6 Å². The summed E-state index contributed by atoms with van der Waals surface area (Å²) in [6.07, 6.45) is -3.25. The molecule has 34 heavy (non-hydrogen) atoms. The van der Waals surface area contributed by atoms with Crippen LogP contribution in [0.2, 0.25) is 0 Å². The van der Waals surface area contributed by atoms with Crippen LogP contribution in [0, 0.1) is 5.82 Å². The SMILES string of the molecule is CC(=O)Nc1cc(NC(C)(C)C(=O)Nc2nc3c(C(F)(F)F)cc4[nH]ncc4c3s2)ccc1F. The average Bonchev–Trinajstić information content (AvgIpc) is 3.34. The molecule has 4 N–H and O–H groups in total. The number of fused-ring (bicyclic) bond motifs is 3. The molecule has 0 saturated carbocycles. The third-order valence-electron chi connectivity index (χ3n) is 4.91. The zero-order valence-corrected chi connectivity index (χ0v) is 18.8. The molecular formula is C21H18F4N6O2S. The highest BCUT2D eigenvalue weighted by molar-refractivity contribution is 7.23. The summed E-state index contributed by atoms with van der Waals surface area (Å²) in [7, 11) is 0. The summed E-state index contributed by atoms with van der Waals surface area (Å²) in [4.78, 5) is 28.2. The predicted molar refractivity (Wildman–Crippen MR) is 121 cm³/mol.